The van der Waals surface area contributed by atoms with Gasteiger partial charge in [0, 0.05) is 16.8 Å². The summed E-state index contributed by atoms with van der Waals surface area (Å²) in [5.74, 6) is 5.82. The molecular weight excluding hydrogens is 266 g/mol. The number of carbonyl (C=O) groups excluding carboxylic acids is 1. The predicted molar refractivity (Wildman–Crippen MR) is 71.0 cm³/mol. The van der Waals surface area contributed by atoms with Crippen LogP contribution in [0.3, 0.4) is 0 Å². The molecule has 0 radical (unpaired) electrons. The molecule has 2 aromatic rings. The highest BCUT2D eigenvalue weighted by atomic mass is 32.2. The Morgan fingerprint density at radius 3 is 3.00 bits per heavy atom. The molecule has 2 heterocycles. The number of hydrazine groups is 1. The lowest BCUT2D eigenvalue weighted by atomic mass is 10.4. The van der Waals surface area contributed by atoms with Gasteiger partial charge in [0.25, 0.3) is 5.91 Å². The summed E-state index contributed by atoms with van der Waals surface area (Å²) in [6, 6.07) is 3.66. The van der Waals surface area contributed by atoms with Crippen molar-refractivity contribution in [3.63, 3.8) is 0 Å². The number of aromatic nitrogens is 4. The fourth-order valence-corrected chi connectivity index (χ4v) is 2.13. The van der Waals surface area contributed by atoms with Crippen LogP contribution in [0, 0.1) is 0 Å². The zero-order chi connectivity index (χ0) is 13.7. The Labute approximate surface area is 113 Å². The number of nitrogens with two attached hydrogens (primary N) is 2. The second-order valence-electron chi connectivity index (χ2n) is 3.61. The van der Waals surface area contributed by atoms with Gasteiger partial charge in [-0.2, -0.15) is 0 Å². The average Bonchev–Trinajstić information content (AvgIpc) is 2.89. The van der Waals surface area contributed by atoms with E-state index in [4.69, 9.17) is 11.6 Å². The third-order valence-electron chi connectivity index (χ3n) is 2.25. The number of anilines is 1. The van der Waals surface area contributed by atoms with Crippen molar-refractivity contribution in [3.05, 3.63) is 30.2 Å². The molecule has 0 spiro atoms. The Kier molecular flexibility index (Phi) is 4.31. The van der Waals surface area contributed by atoms with Gasteiger partial charge in [-0.3, -0.25) is 14.9 Å². The molecule has 0 saturated carbocycles. The van der Waals surface area contributed by atoms with Crippen LogP contribution in [0.4, 0.5) is 5.82 Å². The number of nitrogen functional groups attached to an aromatic ring is 2. The smallest absolute Gasteiger partial charge is 0.287 e. The van der Waals surface area contributed by atoms with Crippen LogP contribution in [0.1, 0.15) is 10.5 Å². The van der Waals surface area contributed by atoms with Crippen LogP contribution in [-0.4, -0.2) is 31.6 Å². The highest BCUT2D eigenvalue weighted by Crippen LogP contribution is 2.17. The third kappa shape index (κ3) is 3.66. The molecule has 2 aromatic heterocycles. The molecule has 9 heteroatoms. The Hall–Kier alpha value is -2.13. The molecule has 1 amide bonds. The minimum absolute atomic E-state index is 0.196. The summed E-state index contributed by atoms with van der Waals surface area (Å²) in [4.78, 5) is 16.2. The second-order valence-corrected chi connectivity index (χ2v) is 4.78. The van der Waals surface area contributed by atoms with Crippen LogP contribution in [0.15, 0.2) is 29.4 Å². The van der Waals surface area contributed by atoms with E-state index in [1.807, 2.05) is 11.5 Å². The van der Waals surface area contributed by atoms with E-state index >= 15 is 0 Å². The summed E-state index contributed by atoms with van der Waals surface area (Å²) in [6.45, 7) is 0.625. The van der Waals surface area contributed by atoms with Crippen LogP contribution < -0.4 is 17.0 Å². The Morgan fingerprint density at radius 1 is 1.47 bits per heavy atom. The van der Waals surface area contributed by atoms with E-state index < -0.39 is 5.91 Å². The van der Waals surface area contributed by atoms with Gasteiger partial charge >= 0.3 is 0 Å². The van der Waals surface area contributed by atoms with Crippen molar-refractivity contribution >= 4 is 23.5 Å². The first kappa shape index (κ1) is 13.3. The molecule has 0 aliphatic heterocycles. The first-order chi connectivity index (χ1) is 9.19. The molecule has 0 aromatic carbocycles. The maximum Gasteiger partial charge on any atom is 0.287 e. The van der Waals surface area contributed by atoms with Crippen LogP contribution >= 0.6 is 11.8 Å². The number of hydrogen-bond acceptors (Lipinski definition) is 7. The van der Waals surface area contributed by atoms with Crippen LogP contribution in [0.25, 0.3) is 0 Å². The van der Waals surface area contributed by atoms with E-state index in [0.717, 1.165) is 10.6 Å². The number of aryl methyl sites for hydroxylation is 1. The Balaban J connectivity index is 1.84. The van der Waals surface area contributed by atoms with Gasteiger partial charge in [0.05, 0.1) is 12.7 Å². The molecule has 0 atom stereocenters. The quantitative estimate of drug-likeness (QED) is 0.296. The minimum atomic E-state index is -0.457. The fourth-order valence-electron chi connectivity index (χ4n) is 1.32. The van der Waals surface area contributed by atoms with E-state index in [2.05, 4.69) is 15.3 Å². The third-order valence-corrected chi connectivity index (χ3v) is 3.21. The van der Waals surface area contributed by atoms with Crippen molar-refractivity contribution in [3.8, 4) is 0 Å². The van der Waals surface area contributed by atoms with E-state index in [-0.39, 0.29) is 5.69 Å². The highest BCUT2D eigenvalue weighted by molar-refractivity contribution is 7.99. The predicted octanol–water partition coefficient (Wildman–Crippen LogP) is -0.349. The summed E-state index contributed by atoms with van der Waals surface area (Å²) < 4.78 is 1.59. The number of pyridine rings is 1. The monoisotopic (exact) mass is 279 g/mol. The number of hydrogen-bond donors (Lipinski definition) is 3. The Morgan fingerprint density at radius 2 is 2.32 bits per heavy atom. The van der Waals surface area contributed by atoms with Crippen LogP contribution in [0.2, 0.25) is 0 Å². The molecule has 2 rings (SSSR count). The number of carbonyl (C=O) groups is 1. The fraction of sp³-hybridized carbons (Fsp3) is 0.200. The summed E-state index contributed by atoms with van der Waals surface area (Å²) >= 11 is 1.62. The highest BCUT2D eigenvalue weighted by Gasteiger charge is 2.08. The van der Waals surface area contributed by atoms with Gasteiger partial charge in [0.1, 0.15) is 5.82 Å². The van der Waals surface area contributed by atoms with Crippen LogP contribution in [0.5, 0.6) is 0 Å². The van der Waals surface area contributed by atoms with Gasteiger partial charge in [-0.1, -0.05) is 5.21 Å². The van der Waals surface area contributed by atoms with E-state index in [9.17, 15) is 4.79 Å². The number of amides is 1. The van der Waals surface area contributed by atoms with Gasteiger partial charge < -0.3 is 5.73 Å². The first-order valence-corrected chi connectivity index (χ1v) is 6.43. The topological polar surface area (TPSA) is 125 Å². The number of nitrogens with one attached hydrogen (secondary N) is 1. The minimum Gasteiger partial charge on any atom is -0.384 e. The maximum absolute atomic E-state index is 11.2. The molecule has 0 unspecified atom stereocenters. The van der Waals surface area contributed by atoms with E-state index in [1.54, 1.807) is 34.9 Å². The second kappa shape index (κ2) is 6.16. The van der Waals surface area contributed by atoms with E-state index in [1.165, 1.54) is 0 Å². The zero-order valence-electron chi connectivity index (χ0n) is 9.98. The lowest BCUT2D eigenvalue weighted by Gasteiger charge is -2.01. The molecule has 100 valence electrons. The molecule has 5 N–H and O–H groups in total. The van der Waals surface area contributed by atoms with Crippen LogP contribution in [-0.2, 0) is 6.54 Å². The summed E-state index contributed by atoms with van der Waals surface area (Å²) in [6.07, 6.45) is 3.26. The molecule has 0 saturated heterocycles. The number of nitrogens with zero attached hydrogens (tertiary/aromatic N) is 4. The largest absolute Gasteiger partial charge is 0.384 e. The van der Waals surface area contributed by atoms with Crippen molar-refractivity contribution in [1.82, 2.24) is 25.4 Å². The lowest BCUT2D eigenvalue weighted by molar-refractivity contribution is 0.0948. The van der Waals surface area contributed by atoms with Gasteiger partial charge in [0.15, 0.2) is 5.69 Å². The summed E-state index contributed by atoms with van der Waals surface area (Å²) in [5, 5.41) is 7.54. The standard InChI is InChI=1S/C10H13N7OS/c11-9-2-1-7(5-13-9)19-4-3-17-6-8(15-16-17)10(18)14-12/h1-2,5-6H,3-4,12H2,(H2,11,13)(H,14,18). The molecule has 19 heavy (non-hydrogen) atoms. The van der Waals surface area contributed by atoms with Crippen molar-refractivity contribution in [1.29, 1.82) is 0 Å². The Bertz CT molecular complexity index is 553. The SMILES string of the molecule is NNC(=O)c1cn(CCSc2ccc(N)nc2)nn1. The molecule has 0 bridgehead atoms. The maximum atomic E-state index is 11.2. The molecule has 8 nitrogen and oxygen atoms in total. The molecule has 0 aliphatic carbocycles. The zero-order valence-corrected chi connectivity index (χ0v) is 10.8. The van der Waals surface area contributed by atoms with Crippen molar-refractivity contribution in [2.24, 2.45) is 5.84 Å². The molecule has 0 aliphatic rings. The lowest BCUT2D eigenvalue weighted by Crippen LogP contribution is -2.30. The summed E-state index contributed by atoms with van der Waals surface area (Å²) in [5.41, 5.74) is 7.70. The van der Waals surface area contributed by atoms with Crippen molar-refractivity contribution in [2.45, 2.75) is 11.4 Å². The van der Waals surface area contributed by atoms with Gasteiger partial charge in [-0.25, -0.2) is 10.8 Å². The number of thioether (sulfide) groups is 1. The first-order valence-electron chi connectivity index (χ1n) is 5.44. The normalized spacial score (nSPS) is 10.4. The summed E-state index contributed by atoms with van der Waals surface area (Å²) in [7, 11) is 0. The van der Waals surface area contributed by atoms with Crippen molar-refractivity contribution < 1.29 is 4.79 Å². The van der Waals surface area contributed by atoms with Crippen molar-refractivity contribution in [2.75, 3.05) is 11.5 Å². The van der Waals surface area contributed by atoms with Gasteiger partial charge in [-0.15, -0.1) is 16.9 Å². The molecular formula is C10H13N7OS. The van der Waals surface area contributed by atoms with Gasteiger partial charge in [-0.05, 0) is 12.1 Å². The average molecular weight is 279 g/mol. The molecule has 0 fully saturated rings. The van der Waals surface area contributed by atoms with Gasteiger partial charge in [0.2, 0.25) is 0 Å². The number of rotatable bonds is 5. The van der Waals surface area contributed by atoms with E-state index in [0.29, 0.717) is 12.4 Å².